The largest absolute Gasteiger partial charge is 0.484 e. The molecule has 0 aliphatic carbocycles. The van der Waals surface area contributed by atoms with Crippen molar-refractivity contribution in [2.24, 2.45) is 0 Å². The van der Waals surface area contributed by atoms with E-state index in [4.69, 9.17) is 26.0 Å². The van der Waals surface area contributed by atoms with E-state index in [1.807, 2.05) is 19.9 Å². The van der Waals surface area contributed by atoms with Gasteiger partial charge in [0.25, 0.3) is 0 Å². The Hall–Kier alpha value is -2.19. The number of anilines is 1. The minimum absolute atomic E-state index is 0.149. The summed E-state index contributed by atoms with van der Waals surface area (Å²) in [5, 5.41) is 12.7. The lowest BCUT2D eigenvalue weighted by molar-refractivity contribution is 0.264. The first kappa shape index (κ1) is 14.2. The minimum Gasteiger partial charge on any atom is -0.484 e. The van der Waals surface area contributed by atoms with E-state index in [2.05, 4.69) is 10.3 Å². The molecule has 0 aliphatic rings. The van der Waals surface area contributed by atoms with E-state index in [0.717, 1.165) is 0 Å². The second kappa shape index (κ2) is 6.31. The Morgan fingerprint density at radius 3 is 2.70 bits per heavy atom. The fraction of sp³-hybridized carbons (Fsp3) is 0.286. The van der Waals surface area contributed by atoms with Gasteiger partial charge in [-0.1, -0.05) is 11.6 Å². The number of hydrogen-bond donors (Lipinski definition) is 1. The first-order valence-corrected chi connectivity index (χ1v) is 6.51. The number of nitrogens with zero attached hydrogens (tertiary/aromatic N) is 2. The Morgan fingerprint density at radius 1 is 1.40 bits per heavy atom. The second-order valence-corrected chi connectivity index (χ2v) is 4.88. The topological polar surface area (TPSA) is 71.1 Å². The van der Waals surface area contributed by atoms with Crippen LogP contribution in [0.15, 0.2) is 28.7 Å². The van der Waals surface area contributed by atoms with E-state index in [1.54, 1.807) is 24.3 Å². The van der Waals surface area contributed by atoms with Crippen molar-refractivity contribution in [2.75, 3.05) is 5.32 Å². The highest BCUT2D eigenvalue weighted by atomic mass is 35.5. The van der Waals surface area contributed by atoms with Crippen molar-refractivity contribution in [1.29, 1.82) is 5.26 Å². The van der Waals surface area contributed by atoms with Gasteiger partial charge in [-0.15, -0.1) is 0 Å². The van der Waals surface area contributed by atoms with Crippen LogP contribution < -0.4 is 10.1 Å². The maximum atomic E-state index is 8.99. The van der Waals surface area contributed by atoms with Gasteiger partial charge in [0, 0.05) is 11.1 Å². The molecule has 104 valence electrons. The normalized spacial score (nSPS) is 10.3. The van der Waals surface area contributed by atoms with Crippen LogP contribution in [-0.4, -0.2) is 11.0 Å². The SMILES string of the molecule is CC(C)Nc1oc(COc2ccc(Cl)cc2)nc1C#N. The van der Waals surface area contributed by atoms with Crippen molar-refractivity contribution in [2.45, 2.75) is 26.5 Å². The van der Waals surface area contributed by atoms with Crippen LogP contribution in [0.5, 0.6) is 5.75 Å². The number of rotatable bonds is 5. The molecular weight excluding hydrogens is 278 g/mol. The molecule has 0 radical (unpaired) electrons. The average molecular weight is 292 g/mol. The average Bonchev–Trinajstić information content (AvgIpc) is 2.79. The summed E-state index contributed by atoms with van der Waals surface area (Å²) in [5.41, 5.74) is 0.230. The molecule has 0 atom stereocenters. The molecule has 0 bridgehead atoms. The van der Waals surface area contributed by atoms with Gasteiger partial charge in [0.1, 0.15) is 11.8 Å². The molecule has 2 rings (SSSR count). The van der Waals surface area contributed by atoms with Gasteiger partial charge >= 0.3 is 0 Å². The van der Waals surface area contributed by atoms with Crippen LogP contribution in [0.4, 0.5) is 5.88 Å². The van der Waals surface area contributed by atoms with Crippen molar-refractivity contribution >= 4 is 17.5 Å². The van der Waals surface area contributed by atoms with E-state index >= 15 is 0 Å². The summed E-state index contributed by atoms with van der Waals surface area (Å²) in [4.78, 5) is 4.07. The quantitative estimate of drug-likeness (QED) is 0.911. The Balaban J connectivity index is 2.04. The fourth-order valence-electron chi connectivity index (χ4n) is 1.54. The summed E-state index contributed by atoms with van der Waals surface area (Å²) in [6.07, 6.45) is 0. The van der Waals surface area contributed by atoms with E-state index in [1.165, 1.54) is 0 Å². The van der Waals surface area contributed by atoms with Crippen LogP contribution in [0.25, 0.3) is 0 Å². The van der Waals surface area contributed by atoms with Gasteiger partial charge in [-0.3, -0.25) is 0 Å². The summed E-state index contributed by atoms with van der Waals surface area (Å²) in [5.74, 6) is 1.38. The van der Waals surface area contributed by atoms with Gasteiger partial charge in [-0.2, -0.15) is 10.2 Å². The maximum Gasteiger partial charge on any atom is 0.236 e. The number of ether oxygens (including phenoxy) is 1. The van der Waals surface area contributed by atoms with E-state index in [9.17, 15) is 0 Å². The molecule has 1 aromatic heterocycles. The number of benzene rings is 1. The van der Waals surface area contributed by atoms with E-state index < -0.39 is 0 Å². The van der Waals surface area contributed by atoms with Gasteiger partial charge in [0.15, 0.2) is 6.61 Å². The lowest BCUT2D eigenvalue weighted by Crippen LogP contribution is -2.09. The molecule has 1 aromatic carbocycles. The zero-order chi connectivity index (χ0) is 14.5. The molecule has 1 heterocycles. The third-order valence-corrected chi connectivity index (χ3v) is 2.63. The summed E-state index contributed by atoms with van der Waals surface area (Å²) in [6.45, 7) is 4.05. The lowest BCUT2D eigenvalue weighted by Gasteiger charge is -2.05. The summed E-state index contributed by atoms with van der Waals surface area (Å²) >= 11 is 5.79. The molecule has 0 fully saturated rings. The van der Waals surface area contributed by atoms with E-state index in [0.29, 0.717) is 22.5 Å². The van der Waals surface area contributed by atoms with Gasteiger partial charge < -0.3 is 14.5 Å². The zero-order valence-electron chi connectivity index (χ0n) is 11.2. The monoisotopic (exact) mass is 291 g/mol. The summed E-state index contributed by atoms with van der Waals surface area (Å²) in [7, 11) is 0. The van der Waals surface area contributed by atoms with Crippen molar-refractivity contribution in [3.05, 3.63) is 40.9 Å². The number of aromatic nitrogens is 1. The summed E-state index contributed by atoms with van der Waals surface area (Å²) < 4.78 is 11.0. The molecule has 2 aromatic rings. The third kappa shape index (κ3) is 3.65. The Labute approximate surface area is 122 Å². The van der Waals surface area contributed by atoms with E-state index in [-0.39, 0.29) is 18.3 Å². The van der Waals surface area contributed by atoms with Crippen LogP contribution in [0.3, 0.4) is 0 Å². The molecule has 0 spiro atoms. The molecule has 0 saturated heterocycles. The summed E-state index contributed by atoms with van der Waals surface area (Å²) in [6, 6.07) is 9.12. The molecule has 0 amide bonds. The van der Waals surface area contributed by atoms with Crippen LogP contribution in [0.2, 0.25) is 5.02 Å². The molecule has 0 unspecified atom stereocenters. The number of nitriles is 1. The van der Waals surface area contributed by atoms with Gasteiger partial charge in [-0.05, 0) is 38.1 Å². The zero-order valence-corrected chi connectivity index (χ0v) is 11.9. The molecule has 0 saturated carbocycles. The lowest BCUT2D eigenvalue weighted by atomic mass is 10.3. The first-order valence-electron chi connectivity index (χ1n) is 6.13. The van der Waals surface area contributed by atoms with Gasteiger partial charge in [-0.25, -0.2) is 0 Å². The van der Waals surface area contributed by atoms with Crippen LogP contribution >= 0.6 is 11.6 Å². The predicted molar refractivity (Wildman–Crippen MR) is 75.8 cm³/mol. The van der Waals surface area contributed by atoms with Crippen molar-refractivity contribution < 1.29 is 9.15 Å². The van der Waals surface area contributed by atoms with Gasteiger partial charge in [0.05, 0.1) is 0 Å². The fourth-order valence-corrected chi connectivity index (χ4v) is 1.66. The highest BCUT2D eigenvalue weighted by molar-refractivity contribution is 6.30. The van der Waals surface area contributed by atoms with Crippen molar-refractivity contribution in [3.63, 3.8) is 0 Å². The number of hydrogen-bond acceptors (Lipinski definition) is 5. The Kier molecular flexibility index (Phi) is 4.49. The second-order valence-electron chi connectivity index (χ2n) is 4.44. The predicted octanol–water partition coefficient (Wildman–Crippen LogP) is 3.60. The molecule has 20 heavy (non-hydrogen) atoms. The van der Waals surface area contributed by atoms with Crippen LogP contribution in [0, 0.1) is 11.3 Å². The first-order chi connectivity index (χ1) is 9.58. The highest BCUT2D eigenvalue weighted by Gasteiger charge is 2.14. The van der Waals surface area contributed by atoms with Gasteiger partial charge in [0.2, 0.25) is 17.5 Å². The molecule has 1 N–H and O–H groups in total. The Bertz CT molecular complexity index is 614. The van der Waals surface area contributed by atoms with Crippen LogP contribution in [0.1, 0.15) is 25.4 Å². The third-order valence-electron chi connectivity index (χ3n) is 2.37. The Morgan fingerprint density at radius 2 is 2.10 bits per heavy atom. The van der Waals surface area contributed by atoms with Crippen LogP contribution in [-0.2, 0) is 6.61 Å². The van der Waals surface area contributed by atoms with Crippen molar-refractivity contribution in [1.82, 2.24) is 4.98 Å². The molecule has 6 heteroatoms. The molecule has 5 nitrogen and oxygen atoms in total. The highest BCUT2D eigenvalue weighted by Crippen LogP contribution is 2.20. The number of halogens is 1. The van der Waals surface area contributed by atoms with Crippen molar-refractivity contribution in [3.8, 4) is 11.8 Å². The minimum atomic E-state index is 0.149. The molecular formula is C14H14ClN3O2. The standard InChI is InChI=1S/C14H14ClN3O2/c1-9(2)17-14-12(7-16)18-13(20-14)8-19-11-5-3-10(15)4-6-11/h3-6,9,17H,8H2,1-2H3. The smallest absolute Gasteiger partial charge is 0.236 e. The number of oxazole rings is 1. The maximum absolute atomic E-state index is 8.99. The number of nitrogens with one attached hydrogen (secondary N) is 1. The molecule has 0 aliphatic heterocycles.